The Bertz CT molecular complexity index is 179. The van der Waals surface area contributed by atoms with Crippen LogP contribution in [0.5, 0.6) is 0 Å². The molecule has 1 aliphatic rings. The maximum atomic E-state index is 10.1. The minimum atomic E-state index is -0.844. The summed E-state index contributed by atoms with van der Waals surface area (Å²) >= 11 is 0. The van der Waals surface area contributed by atoms with Crippen molar-refractivity contribution >= 4 is 0 Å². The van der Waals surface area contributed by atoms with E-state index in [0.29, 0.717) is 12.8 Å². The fourth-order valence-corrected chi connectivity index (χ4v) is 1.71. The molecule has 1 rings (SSSR count). The fraction of sp³-hybridized carbons (Fsp3) is 1.00. The highest BCUT2D eigenvalue weighted by Crippen LogP contribution is 2.41. The van der Waals surface area contributed by atoms with Gasteiger partial charge in [-0.3, -0.25) is 0 Å². The van der Waals surface area contributed by atoms with E-state index in [1.165, 1.54) is 0 Å². The second-order valence-electron chi connectivity index (χ2n) is 4.44. The minimum absolute atomic E-state index is 0.192. The third kappa shape index (κ3) is 2.03. The molecule has 0 aromatic carbocycles. The molecule has 3 nitrogen and oxygen atoms in total. The zero-order valence-corrected chi connectivity index (χ0v) is 8.87. The van der Waals surface area contributed by atoms with Crippen molar-refractivity contribution in [2.45, 2.75) is 63.9 Å². The van der Waals surface area contributed by atoms with Gasteiger partial charge in [-0.1, -0.05) is 13.8 Å². The van der Waals surface area contributed by atoms with Gasteiger partial charge >= 0.3 is 0 Å². The van der Waals surface area contributed by atoms with Gasteiger partial charge in [-0.25, -0.2) is 0 Å². The van der Waals surface area contributed by atoms with Crippen LogP contribution in [0, 0.1) is 0 Å². The lowest BCUT2D eigenvalue weighted by molar-refractivity contribution is 0.00348. The van der Waals surface area contributed by atoms with Crippen molar-refractivity contribution in [2.75, 3.05) is 0 Å². The molecule has 0 aromatic heterocycles. The average Bonchev–Trinajstić information content (AvgIpc) is 2.81. The lowest BCUT2D eigenvalue weighted by Gasteiger charge is -2.24. The van der Waals surface area contributed by atoms with E-state index < -0.39 is 11.2 Å². The molecule has 1 saturated heterocycles. The summed E-state index contributed by atoms with van der Waals surface area (Å²) in [5.41, 5.74) is -1.60. The van der Waals surface area contributed by atoms with Crippen LogP contribution < -0.4 is 0 Å². The summed E-state index contributed by atoms with van der Waals surface area (Å²) in [5.74, 6) is 0. The average molecular weight is 188 g/mol. The molecule has 0 aliphatic carbocycles. The molecule has 0 radical (unpaired) electrons. The smallest absolute Gasteiger partial charge is 0.116 e. The predicted molar refractivity (Wildman–Crippen MR) is 50.5 cm³/mol. The van der Waals surface area contributed by atoms with Crippen molar-refractivity contribution in [1.82, 2.24) is 0 Å². The molecule has 1 fully saturated rings. The number of hydrogen-bond donors (Lipinski definition) is 2. The zero-order chi connectivity index (χ0) is 10.3. The van der Waals surface area contributed by atoms with Gasteiger partial charge in [-0.2, -0.15) is 0 Å². The molecular weight excluding hydrogens is 168 g/mol. The van der Waals surface area contributed by atoms with E-state index in [4.69, 9.17) is 4.74 Å². The third-order valence-corrected chi connectivity index (χ3v) is 2.94. The summed E-state index contributed by atoms with van der Waals surface area (Å²) in [4.78, 5) is 0. The van der Waals surface area contributed by atoms with Crippen LogP contribution in [-0.4, -0.2) is 33.6 Å². The molecular formula is C10H20O3. The summed E-state index contributed by atoms with van der Waals surface area (Å²) in [6.07, 6.45) is 0.932. The Labute approximate surface area is 79.7 Å². The van der Waals surface area contributed by atoms with Crippen molar-refractivity contribution in [3.63, 3.8) is 0 Å². The standard InChI is InChI=1S/C10H20O3/c1-5-10(12,6-2)8-7(13-8)9(3,4)11/h7-8,11-12H,5-6H2,1-4H3/t7-,8-/m0/s1. The third-order valence-electron chi connectivity index (χ3n) is 2.94. The molecule has 2 atom stereocenters. The maximum absolute atomic E-state index is 10.1. The molecule has 0 bridgehead atoms. The van der Waals surface area contributed by atoms with Crippen LogP contribution >= 0.6 is 0 Å². The van der Waals surface area contributed by atoms with E-state index in [2.05, 4.69) is 0 Å². The molecule has 2 N–H and O–H groups in total. The van der Waals surface area contributed by atoms with E-state index in [-0.39, 0.29) is 12.2 Å². The van der Waals surface area contributed by atoms with Crippen LogP contribution in [0.1, 0.15) is 40.5 Å². The van der Waals surface area contributed by atoms with E-state index in [0.717, 1.165) is 0 Å². The number of rotatable bonds is 4. The topological polar surface area (TPSA) is 53.0 Å². The van der Waals surface area contributed by atoms with Gasteiger partial charge in [-0.15, -0.1) is 0 Å². The van der Waals surface area contributed by atoms with E-state index >= 15 is 0 Å². The van der Waals surface area contributed by atoms with Crippen LogP contribution in [-0.2, 0) is 4.74 Å². The Morgan fingerprint density at radius 1 is 1.08 bits per heavy atom. The van der Waals surface area contributed by atoms with Gasteiger partial charge in [0.1, 0.15) is 12.2 Å². The molecule has 1 heterocycles. The van der Waals surface area contributed by atoms with E-state index in [1.807, 2.05) is 13.8 Å². The van der Waals surface area contributed by atoms with Crippen molar-refractivity contribution in [2.24, 2.45) is 0 Å². The van der Waals surface area contributed by atoms with Gasteiger partial charge in [0, 0.05) is 0 Å². The molecule has 78 valence electrons. The first kappa shape index (κ1) is 11.0. The van der Waals surface area contributed by atoms with Gasteiger partial charge < -0.3 is 14.9 Å². The summed E-state index contributed by atoms with van der Waals surface area (Å²) in [5, 5.41) is 19.7. The molecule has 0 amide bonds. The highest BCUT2D eigenvalue weighted by Gasteiger charge is 2.57. The largest absolute Gasteiger partial charge is 0.388 e. The van der Waals surface area contributed by atoms with E-state index in [9.17, 15) is 10.2 Å². The van der Waals surface area contributed by atoms with E-state index in [1.54, 1.807) is 13.8 Å². The summed E-state index contributed by atoms with van der Waals surface area (Å²) < 4.78 is 5.33. The Morgan fingerprint density at radius 2 is 1.54 bits per heavy atom. The van der Waals surface area contributed by atoms with Crippen molar-refractivity contribution in [3.8, 4) is 0 Å². The molecule has 1 aliphatic heterocycles. The van der Waals surface area contributed by atoms with Gasteiger partial charge in [0.25, 0.3) is 0 Å². The monoisotopic (exact) mass is 188 g/mol. The fourth-order valence-electron chi connectivity index (χ4n) is 1.71. The SMILES string of the molecule is CCC(O)(CC)[C@H]1O[C@@H]1C(C)(C)O. The quantitative estimate of drug-likeness (QED) is 0.649. The van der Waals surface area contributed by atoms with Gasteiger partial charge in [0.05, 0.1) is 11.2 Å². The minimum Gasteiger partial charge on any atom is -0.388 e. The Kier molecular flexibility index (Phi) is 2.72. The highest BCUT2D eigenvalue weighted by atomic mass is 16.6. The lowest BCUT2D eigenvalue weighted by atomic mass is 9.87. The molecule has 3 heteroatoms. The lowest BCUT2D eigenvalue weighted by Crippen LogP contribution is -2.39. The van der Waals surface area contributed by atoms with Crippen LogP contribution in [0.2, 0.25) is 0 Å². The highest BCUT2D eigenvalue weighted by molar-refractivity contribution is 5.06. The van der Waals surface area contributed by atoms with Crippen LogP contribution in [0.3, 0.4) is 0 Å². The zero-order valence-electron chi connectivity index (χ0n) is 8.87. The molecule has 13 heavy (non-hydrogen) atoms. The summed E-state index contributed by atoms with van der Waals surface area (Å²) in [6, 6.07) is 0. The Balaban J connectivity index is 2.59. The van der Waals surface area contributed by atoms with Crippen LogP contribution in [0.15, 0.2) is 0 Å². The predicted octanol–water partition coefficient (Wildman–Crippen LogP) is 1.08. The Hall–Kier alpha value is -0.120. The maximum Gasteiger partial charge on any atom is 0.116 e. The van der Waals surface area contributed by atoms with Crippen LogP contribution in [0.25, 0.3) is 0 Å². The molecule has 0 spiro atoms. The van der Waals surface area contributed by atoms with Crippen molar-refractivity contribution < 1.29 is 14.9 Å². The second kappa shape index (κ2) is 3.23. The first-order valence-corrected chi connectivity index (χ1v) is 4.95. The molecule has 0 aromatic rings. The first-order chi connectivity index (χ1) is 5.85. The first-order valence-electron chi connectivity index (χ1n) is 4.95. The number of hydrogen-bond acceptors (Lipinski definition) is 3. The Morgan fingerprint density at radius 3 is 1.77 bits per heavy atom. The molecule has 0 saturated carbocycles. The van der Waals surface area contributed by atoms with Gasteiger partial charge in [-0.05, 0) is 26.7 Å². The van der Waals surface area contributed by atoms with Crippen molar-refractivity contribution in [1.29, 1.82) is 0 Å². The van der Waals surface area contributed by atoms with Crippen molar-refractivity contribution in [3.05, 3.63) is 0 Å². The molecule has 0 unspecified atom stereocenters. The van der Waals surface area contributed by atoms with Crippen LogP contribution in [0.4, 0.5) is 0 Å². The normalized spacial score (nSPS) is 29.1. The second-order valence-corrected chi connectivity index (χ2v) is 4.44. The van der Waals surface area contributed by atoms with Gasteiger partial charge in [0.15, 0.2) is 0 Å². The number of aliphatic hydroxyl groups is 2. The number of epoxide rings is 1. The van der Waals surface area contributed by atoms with Gasteiger partial charge in [0.2, 0.25) is 0 Å². The summed E-state index contributed by atoms with van der Waals surface area (Å²) in [7, 11) is 0. The number of ether oxygens (including phenoxy) is 1. The summed E-state index contributed by atoms with van der Waals surface area (Å²) in [6.45, 7) is 7.30.